The lowest BCUT2D eigenvalue weighted by Gasteiger charge is -2.17. The highest BCUT2D eigenvalue weighted by Gasteiger charge is 2.20. The first-order valence-corrected chi connectivity index (χ1v) is 6.38. The van der Waals surface area contributed by atoms with Gasteiger partial charge in [0.2, 0.25) is 0 Å². The lowest BCUT2D eigenvalue weighted by Crippen LogP contribution is -2.23. The van der Waals surface area contributed by atoms with Crippen LogP contribution in [0.15, 0.2) is 12.1 Å². The maximum atomic E-state index is 6.24. The monoisotopic (exact) mass is 270 g/mol. The molecule has 0 amide bonds. The minimum Gasteiger partial charge on any atom is -0.493 e. The van der Waals surface area contributed by atoms with Crippen molar-refractivity contribution >= 4 is 17.3 Å². The molecule has 0 aromatic heterocycles. The molecule has 1 fully saturated rings. The zero-order chi connectivity index (χ0) is 13.1. The van der Waals surface area contributed by atoms with Crippen molar-refractivity contribution in [3.63, 3.8) is 0 Å². The Kier molecular flexibility index (Phi) is 4.19. The number of rotatable bonds is 4. The first-order chi connectivity index (χ1) is 8.63. The van der Waals surface area contributed by atoms with Crippen molar-refractivity contribution in [1.82, 2.24) is 4.90 Å². The Morgan fingerprint density at radius 3 is 2.50 bits per heavy atom. The number of methoxy groups -OCH3 is 2. The molecule has 1 atom stereocenters. The molecule has 5 heteroatoms. The Bertz CT molecular complexity index is 426. The molecule has 1 heterocycles. The third kappa shape index (κ3) is 2.82. The van der Waals surface area contributed by atoms with E-state index in [2.05, 4.69) is 17.3 Å². The fraction of sp³-hybridized carbons (Fsp3) is 0.538. The predicted octanol–water partition coefficient (Wildman–Crippen LogP) is 2.47. The van der Waals surface area contributed by atoms with Crippen molar-refractivity contribution in [3.05, 3.63) is 17.2 Å². The number of likely N-dealkylation sites (N-methyl/N-ethyl adjacent to an activating group) is 1. The molecule has 1 aliphatic rings. The van der Waals surface area contributed by atoms with Crippen LogP contribution < -0.4 is 14.8 Å². The number of hydrogen-bond donors (Lipinski definition) is 1. The van der Waals surface area contributed by atoms with Gasteiger partial charge in [0.05, 0.1) is 24.9 Å². The molecule has 1 saturated heterocycles. The Balaban J connectivity index is 2.17. The molecular formula is C13H19ClN2O2. The molecule has 0 saturated carbocycles. The molecule has 1 aromatic carbocycles. The van der Waals surface area contributed by atoms with Crippen LogP contribution in [0.25, 0.3) is 0 Å². The smallest absolute Gasteiger partial charge is 0.162 e. The molecule has 1 aromatic rings. The van der Waals surface area contributed by atoms with Crippen molar-refractivity contribution in [3.8, 4) is 11.5 Å². The van der Waals surface area contributed by atoms with Crippen LogP contribution in [-0.4, -0.2) is 45.3 Å². The molecular weight excluding hydrogens is 252 g/mol. The van der Waals surface area contributed by atoms with E-state index in [1.54, 1.807) is 20.3 Å². The number of likely N-dealkylation sites (tertiary alicyclic amines) is 1. The van der Waals surface area contributed by atoms with Crippen LogP contribution in [0.5, 0.6) is 11.5 Å². The number of nitrogens with zero attached hydrogens (tertiary/aromatic N) is 1. The van der Waals surface area contributed by atoms with Gasteiger partial charge in [0.1, 0.15) is 0 Å². The maximum absolute atomic E-state index is 6.24. The number of anilines is 1. The van der Waals surface area contributed by atoms with Gasteiger partial charge in [0, 0.05) is 24.7 Å². The highest BCUT2D eigenvalue weighted by molar-refractivity contribution is 6.33. The Hall–Kier alpha value is -1.13. The summed E-state index contributed by atoms with van der Waals surface area (Å²) in [5.74, 6) is 1.34. The molecule has 0 radical (unpaired) electrons. The van der Waals surface area contributed by atoms with E-state index in [9.17, 15) is 0 Å². The van der Waals surface area contributed by atoms with Gasteiger partial charge in [0.15, 0.2) is 11.5 Å². The summed E-state index contributed by atoms with van der Waals surface area (Å²) in [6, 6.07) is 4.10. The third-order valence-corrected chi connectivity index (χ3v) is 3.54. The minimum atomic E-state index is 0.436. The Morgan fingerprint density at radius 1 is 1.28 bits per heavy atom. The summed E-state index contributed by atoms with van der Waals surface area (Å²) >= 11 is 6.24. The van der Waals surface area contributed by atoms with E-state index in [1.165, 1.54) is 0 Å². The van der Waals surface area contributed by atoms with Crippen molar-refractivity contribution in [1.29, 1.82) is 0 Å². The maximum Gasteiger partial charge on any atom is 0.162 e. The normalized spacial score (nSPS) is 19.9. The standard InChI is InChI=1S/C13H19ClN2O2/c1-16-5-4-9(8-16)15-11-7-13(18-3)12(17-2)6-10(11)14/h6-7,9,15H,4-5,8H2,1-3H3. The van der Waals surface area contributed by atoms with Crippen LogP contribution in [0.1, 0.15) is 6.42 Å². The number of nitrogens with one attached hydrogen (secondary N) is 1. The number of halogens is 1. The largest absolute Gasteiger partial charge is 0.493 e. The topological polar surface area (TPSA) is 33.7 Å². The first kappa shape index (κ1) is 13.3. The molecule has 1 aliphatic heterocycles. The van der Waals surface area contributed by atoms with Gasteiger partial charge in [-0.25, -0.2) is 0 Å². The summed E-state index contributed by atoms with van der Waals surface area (Å²) in [6.07, 6.45) is 1.13. The van der Waals surface area contributed by atoms with Gasteiger partial charge in [-0.1, -0.05) is 11.6 Å². The number of hydrogen-bond acceptors (Lipinski definition) is 4. The summed E-state index contributed by atoms with van der Waals surface area (Å²) in [6.45, 7) is 2.15. The SMILES string of the molecule is COc1cc(Cl)c(NC2CCN(C)C2)cc1OC. The van der Waals surface area contributed by atoms with Crippen molar-refractivity contribution < 1.29 is 9.47 Å². The van der Waals surface area contributed by atoms with E-state index in [-0.39, 0.29) is 0 Å². The highest BCUT2D eigenvalue weighted by Crippen LogP contribution is 2.36. The second kappa shape index (κ2) is 5.67. The molecule has 100 valence electrons. The van der Waals surface area contributed by atoms with E-state index in [0.717, 1.165) is 25.2 Å². The summed E-state index contributed by atoms with van der Waals surface area (Å²) in [4.78, 5) is 2.30. The van der Waals surface area contributed by atoms with Crippen molar-refractivity contribution in [2.75, 3.05) is 39.7 Å². The predicted molar refractivity (Wildman–Crippen MR) is 74.1 cm³/mol. The summed E-state index contributed by atoms with van der Waals surface area (Å²) in [5.41, 5.74) is 0.898. The summed E-state index contributed by atoms with van der Waals surface area (Å²) in [5, 5.41) is 4.11. The average Bonchev–Trinajstić information content (AvgIpc) is 2.77. The van der Waals surface area contributed by atoms with Gasteiger partial charge in [-0.05, 0) is 20.0 Å². The van der Waals surface area contributed by atoms with E-state index >= 15 is 0 Å². The van der Waals surface area contributed by atoms with Gasteiger partial charge in [-0.2, -0.15) is 0 Å². The van der Waals surface area contributed by atoms with Crippen molar-refractivity contribution in [2.24, 2.45) is 0 Å². The van der Waals surface area contributed by atoms with Crippen LogP contribution in [-0.2, 0) is 0 Å². The Morgan fingerprint density at radius 2 is 1.94 bits per heavy atom. The molecule has 18 heavy (non-hydrogen) atoms. The second-order valence-electron chi connectivity index (χ2n) is 4.58. The summed E-state index contributed by atoms with van der Waals surface area (Å²) in [7, 11) is 5.35. The zero-order valence-corrected chi connectivity index (χ0v) is 11.8. The fourth-order valence-electron chi connectivity index (χ4n) is 2.24. The molecule has 1 N–H and O–H groups in total. The second-order valence-corrected chi connectivity index (χ2v) is 4.99. The number of benzene rings is 1. The van der Waals surface area contributed by atoms with Crippen LogP contribution in [0, 0.1) is 0 Å². The van der Waals surface area contributed by atoms with E-state index in [4.69, 9.17) is 21.1 Å². The summed E-state index contributed by atoms with van der Waals surface area (Å²) < 4.78 is 10.5. The molecule has 1 unspecified atom stereocenters. The quantitative estimate of drug-likeness (QED) is 0.911. The third-order valence-electron chi connectivity index (χ3n) is 3.22. The van der Waals surface area contributed by atoms with Gasteiger partial charge < -0.3 is 19.7 Å². The molecule has 0 spiro atoms. The van der Waals surface area contributed by atoms with E-state index < -0.39 is 0 Å². The van der Waals surface area contributed by atoms with Gasteiger partial charge in [0.25, 0.3) is 0 Å². The highest BCUT2D eigenvalue weighted by atomic mass is 35.5. The minimum absolute atomic E-state index is 0.436. The van der Waals surface area contributed by atoms with E-state index in [1.807, 2.05) is 6.07 Å². The van der Waals surface area contributed by atoms with Crippen LogP contribution in [0.3, 0.4) is 0 Å². The van der Waals surface area contributed by atoms with Crippen LogP contribution >= 0.6 is 11.6 Å². The molecule has 0 aliphatic carbocycles. The van der Waals surface area contributed by atoms with Gasteiger partial charge >= 0.3 is 0 Å². The molecule has 4 nitrogen and oxygen atoms in total. The van der Waals surface area contributed by atoms with E-state index in [0.29, 0.717) is 22.6 Å². The lowest BCUT2D eigenvalue weighted by molar-refractivity contribution is 0.355. The van der Waals surface area contributed by atoms with Crippen molar-refractivity contribution in [2.45, 2.75) is 12.5 Å². The molecule has 0 bridgehead atoms. The fourth-order valence-corrected chi connectivity index (χ4v) is 2.45. The molecule has 2 rings (SSSR count). The number of ether oxygens (including phenoxy) is 2. The lowest BCUT2D eigenvalue weighted by atomic mass is 10.2. The average molecular weight is 271 g/mol. The Labute approximate surface area is 113 Å². The van der Waals surface area contributed by atoms with Crippen LogP contribution in [0.2, 0.25) is 5.02 Å². The van der Waals surface area contributed by atoms with Crippen LogP contribution in [0.4, 0.5) is 5.69 Å². The van der Waals surface area contributed by atoms with Gasteiger partial charge in [-0.3, -0.25) is 0 Å². The zero-order valence-electron chi connectivity index (χ0n) is 11.0. The first-order valence-electron chi connectivity index (χ1n) is 6.00. The van der Waals surface area contributed by atoms with Gasteiger partial charge in [-0.15, -0.1) is 0 Å².